The van der Waals surface area contributed by atoms with Gasteiger partial charge >= 0.3 is 6.03 Å². The molecule has 0 unspecified atom stereocenters. The number of rotatable bonds is 4. The highest BCUT2D eigenvalue weighted by atomic mass is 35.5. The third-order valence-corrected chi connectivity index (χ3v) is 5.01. The first kappa shape index (κ1) is 17.2. The molecule has 2 aliphatic heterocycles. The first-order valence-corrected chi connectivity index (χ1v) is 8.72. The van der Waals surface area contributed by atoms with E-state index in [2.05, 4.69) is 15.1 Å². The summed E-state index contributed by atoms with van der Waals surface area (Å²) < 4.78 is 0. The Morgan fingerprint density at radius 2 is 1.83 bits per heavy atom. The molecule has 1 atom stereocenters. The van der Waals surface area contributed by atoms with Gasteiger partial charge in [0.15, 0.2) is 0 Å². The molecule has 3 rings (SSSR count). The first-order valence-electron chi connectivity index (χ1n) is 8.34. The molecular formula is C17H23ClN4O2. The van der Waals surface area contributed by atoms with E-state index >= 15 is 0 Å². The van der Waals surface area contributed by atoms with Crippen molar-refractivity contribution in [3.8, 4) is 0 Å². The average Bonchev–Trinajstić information content (AvgIpc) is 3.02. The van der Waals surface area contributed by atoms with Crippen LogP contribution in [0.1, 0.15) is 12.5 Å². The Hall–Kier alpha value is -1.63. The largest absolute Gasteiger partial charge is 0.336 e. The van der Waals surface area contributed by atoms with Crippen molar-refractivity contribution in [3.63, 3.8) is 0 Å². The summed E-state index contributed by atoms with van der Waals surface area (Å²) in [6.45, 7) is 7.28. The third-order valence-electron chi connectivity index (χ3n) is 4.75. The predicted octanol–water partition coefficient (Wildman–Crippen LogP) is 1.40. The summed E-state index contributed by atoms with van der Waals surface area (Å²) in [5, 5.41) is 3.43. The van der Waals surface area contributed by atoms with Crippen LogP contribution < -0.4 is 5.32 Å². The van der Waals surface area contributed by atoms with Gasteiger partial charge in [-0.15, -0.1) is 0 Å². The number of hydrogen-bond acceptors (Lipinski definition) is 4. The molecule has 6 nitrogen and oxygen atoms in total. The minimum atomic E-state index is -0.270. The molecular weight excluding hydrogens is 328 g/mol. The lowest BCUT2D eigenvalue weighted by Crippen LogP contribution is -2.54. The van der Waals surface area contributed by atoms with Crippen LogP contribution in [0.4, 0.5) is 4.79 Å². The number of benzene rings is 1. The molecule has 0 spiro atoms. The Labute approximate surface area is 147 Å². The SMILES string of the molecule is C[C@@H](C(=O)N1CCNC1=O)N1CCN(Cc2ccc(Cl)cc2)CC1. The van der Waals surface area contributed by atoms with Crippen LogP contribution in [0.5, 0.6) is 0 Å². The Bertz CT molecular complexity index is 599. The summed E-state index contributed by atoms with van der Waals surface area (Å²) in [6.07, 6.45) is 0. The average molecular weight is 351 g/mol. The lowest BCUT2D eigenvalue weighted by Gasteiger charge is -2.38. The molecule has 0 aromatic heterocycles. The number of hydrogen-bond donors (Lipinski definition) is 1. The highest BCUT2D eigenvalue weighted by molar-refractivity contribution is 6.30. The minimum Gasteiger partial charge on any atom is -0.336 e. The molecule has 7 heteroatoms. The lowest BCUT2D eigenvalue weighted by molar-refractivity contribution is -0.133. The first-order chi connectivity index (χ1) is 11.5. The van der Waals surface area contributed by atoms with Crippen molar-refractivity contribution in [2.75, 3.05) is 39.3 Å². The zero-order valence-corrected chi connectivity index (χ0v) is 14.6. The number of nitrogens with zero attached hydrogens (tertiary/aromatic N) is 3. The van der Waals surface area contributed by atoms with Crippen LogP contribution >= 0.6 is 11.6 Å². The number of piperazine rings is 1. The third kappa shape index (κ3) is 3.88. The summed E-state index contributed by atoms with van der Waals surface area (Å²) in [4.78, 5) is 30.0. The highest BCUT2D eigenvalue weighted by Gasteiger charge is 2.33. The van der Waals surface area contributed by atoms with Gasteiger partial charge in [0, 0.05) is 50.8 Å². The smallest absolute Gasteiger partial charge is 0.324 e. The van der Waals surface area contributed by atoms with E-state index in [1.807, 2.05) is 31.2 Å². The van der Waals surface area contributed by atoms with Crippen molar-refractivity contribution in [1.82, 2.24) is 20.0 Å². The molecule has 0 radical (unpaired) electrons. The zero-order valence-electron chi connectivity index (χ0n) is 13.9. The maximum absolute atomic E-state index is 12.5. The summed E-state index contributed by atoms with van der Waals surface area (Å²) in [6, 6.07) is 7.39. The van der Waals surface area contributed by atoms with E-state index in [9.17, 15) is 9.59 Å². The predicted molar refractivity (Wildman–Crippen MR) is 92.9 cm³/mol. The fraction of sp³-hybridized carbons (Fsp3) is 0.529. The Balaban J connectivity index is 1.50. The normalized spacial score (nSPS) is 20.9. The van der Waals surface area contributed by atoms with Crippen molar-refractivity contribution in [3.05, 3.63) is 34.9 Å². The van der Waals surface area contributed by atoms with Gasteiger partial charge in [-0.05, 0) is 24.6 Å². The number of amides is 3. The molecule has 0 saturated carbocycles. The van der Waals surface area contributed by atoms with Crippen LogP contribution in [-0.4, -0.2) is 71.9 Å². The second kappa shape index (κ2) is 7.51. The molecule has 2 fully saturated rings. The van der Waals surface area contributed by atoms with Crippen LogP contribution in [0.25, 0.3) is 0 Å². The van der Waals surface area contributed by atoms with Crippen LogP contribution in [0, 0.1) is 0 Å². The van der Waals surface area contributed by atoms with Gasteiger partial charge in [-0.3, -0.25) is 19.5 Å². The number of nitrogens with one attached hydrogen (secondary N) is 1. The van der Waals surface area contributed by atoms with E-state index in [4.69, 9.17) is 11.6 Å². The van der Waals surface area contributed by atoms with Crippen molar-refractivity contribution in [2.24, 2.45) is 0 Å². The summed E-state index contributed by atoms with van der Waals surface area (Å²) in [5.41, 5.74) is 1.24. The van der Waals surface area contributed by atoms with E-state index in [0.717, 1.165) is 37.7 Å². The fourth-order valence-electron chi connectivity index (χ4n) is 3.22. The number of carbonyl (C=O) groups excluding carboxylic acids is 2. The Kier molecular flexibility index (Phi) is 5.38. The molecule has 24 heavy (non-hydrogen) atoms. The summed E-state index contributed by atoms with van der Waals surface area (Å²) in [7, 11) is 0. The number of halogens is 1. The van der Waals surface area contributed by atoms with Gasteiger partial charge in [-0.2, -0.15) is 0 Å². The van der Waals surface area contributed by atoms with Crippen LogP contribution in [0.15, 0.2) is 24.3 Å². The van der Waals surface area contributed by atoms with Gasteiger partial charge in [0.25, 0.3) is 0 Å². The van der Waals surface area contributed by atoms with Gasteiger partial charge in [-0.1, -0.05) is 23.7 Å². The van der Waals surface area contributed by atoms with Crippen molar-refractivity contribution in [2.45, 2.75) is 19.5 Å². The van der Waals surface area contributed by atoms with E-state index in [-0.39, 0.29) is 18.0 Å². The fourth-order valence-corrected chi connectivity index (χ4v) is 3.35. The van der Waals surface area contributed by atoms with Crippen molar-refractivity contribution >= 4 is 23.5 Å². The molecule has 0 bridgehead atoms. The Morgan fingerprint density at radius 1 is 1.17 bits per heavy atom. The molecule has 1 aromatic carbocycles. The molecule has 0 aliphatic carbocycles. The minimum absolute atomic E-state index is 0.101. The highest BCUT2D eigenvalue weighted by Crippen LogP contribution is 2.15. The number of urea groups is 1. The number of carbonyl (C=O) groups is 2. The molecule has 2 heterocycles. The van der Waals surface area contributed by atoms with Crippen LogP contribution in [0.2, 0.25) is 5.02 Å². The van der Waals surface area contributed by atoms with E-state index in [1.54, 1.807) is 0 Å². The van der Waals surface area contributed by atoms with E-state index < -0.39 is 0 Å². The van der Waals surface area contributed by atoms with E-state index in [1.165, 1.54) is 10.5 Å². The topological polar surface area (TPSA) is 55.9 Å². The van der Waals surface area contributed by atoms with E-state index in [0.29, 0.717) is 13.1 Å². The zero-order chi connectivity index (χ0) is 17.1. The quantitative estimate of drug-likeness (QED) is 0.891. The molecule has 1 N–H and O–H groups in total. The molecule has 2 aliphatic rings. The summed E-state index contributed by atoms with van der Waals surface area (Å²) >= 11 is 5.92. The second-order valence-corrected chi connectivity index (χ2v) is 6.77. The van der Waals surface area contributed by atoms with Gasteiger partial charge in [-0.25, -0.2) is 4.79 Å². The molecule has 130 valence electrons. The van der Waals surface area contributed by atoms with Crippen LogP contribution in [-0.2, 0) is 11.3 Å². The van der Waals surface area contributed by atoms with Crippen LogP contribution in [0.3, 0.4) is 0 Å². The maximum atomic E-state index is 12.5. The maximum Gasteiger partial charge on any atom is 0.324 e. The monoisotopic (exact) mass is 350 g/mol. The van der Waals surface area contributed by atoms with Crippen molar-refractivity contribution in [1.29, 1.82) is 0 Å². The standard InChI is InChI=1S/C17H23ClN4O2/c1-13(16(23)22-7-6-19-17(22)24)21-10-8-20(9-11-21)12-14-2-4-15(18)5-3-14/h2-5,13H,6-12H2,1H3,(H,19,24)/t13-/m0/s1. The van der Waals surface area contributed by atoms with Gasteiger partial charge in [0.05, 0.1) is 6.04 Å². The molecule has 1 aromatic rings. The van der Waals surface area contributed by atoms with Gasteiger partial charge in [0.1, 0.15) is 0 Å². The molecule has 3 amide bonds. The van der Waals surface area contributed by atoms with Gasteiger partial charge < -0.3 is 5.32 Å². The van der Waals surface area contributed by atoms with Gasteiger partial charge in [0.2, 0.25) is 5.91 Å². The Morgan fingerprint density at radius 3 is 2.42 bits per heavy atom. The second-order valence-electron chi connectivity index (χ2n) is 6.34. The number of imide groups is 1. The summed E-state index contributed by atoms with van der Waals surface area (Å²) in [5.74, 6) is -0.101. The lowest BCUT2D eigenvalue weighted by atomic mass is 10.1. The molecule has 2 saturated heterocycles. The van der Waals surface area contributed by atoms with Crippen molar-refractivity contribution < 1.29 is 9.59 Å².